The first kappa shape index (κ1) is 32.4. The molecule has 240 valence electrons. The molecule has 4 aromatic rings. The zero-order valence-corrected chi connectivity index (χ0v) is 25.4. The lowest BCUT2D eigenvalue weighted by Gasteiger charge is -2.13. The van der Waals surface area contributed by atoms with Gasteiger partial charge in [-0.25, -0.2) is 9.59 Å². The third-order valence-corrected chi connectivity index (χ3v) is 7.36. The van der Waals surface area contributed by atoms with Crippen LogP contribution in [0.1, 0.15) is 34.3 Å². The molecule has 1 heterocycles. The Kier molecular flexibility index (Phi) is 10.9. The van der Waals surface area contributed by atoms with Crippen LogP contribution in [0.3, 0.4) is 0 Å². The average molecular weight is 636 g/mol. The lowest BCUT2D eigenvalue weighted by atomic mass is 10.0. The van der Waals surface area contributed by atoms with Crippen molar-refractivity contribution in [2.45, 2.75) is 25.5 Å². The predicted molar refractivity (Wildman–Crippen MR) is 172 cm³/mol. The molecule has 0 unspecified atom stereocenters. The van der Waals surface area contributed by atoms with E-state index >= 15 is 0 Å². The summed E-state index contributed by atoms with van der Waals surface area (Å²) in [5.74, 6) is -1.39. The Morgan fingerprint density at radius 2 is 1.40 bits per heavy atom. The largest absolute Gasteiger partial charge is 0.491 e. The third-order valence-electron chi connectivity index (χ3n) is 7.36. The van der Waals surface area contributed by atoms with Crippen LogP contribution >= 0.6 is 0 Å². The molecule has 5 rings (SSSR count). The summed E-state index contributed by atoms with van der Waals surface area (Å²) < 4.78 is 21.0. The van der Waals surface area contributed by atoms with Crippen molar-refractivity contribution in [3.8, 4) is 16.9 Å². The molecule has 0 saturated carbocycles. The number of ether oxygens (including phenoxy) is 4. The van der Waals surface area contributed by atoms with Gasteiger partial charge in [0.2, 0.25) is 12.7 Å². The number of rotatable bonds is 12. The second-order valence-corrected chi connectivity index (χ2v) is 10.7. The highest BCUT2D eigenvalue weighted by atomic mass is 16.7. The maximum atomic E-state index is 12.4. The lowest BCUT2D eigenvalue weighted by molar-refractivity contribution is -0.154. The molecule has 0 aliphatic carbocycles. The van der Waals surface area contributed by atoms with Crippen molar-refractivity contribution in [1.82, 2.24) is 5.32 Å². The van der Waals surface area contributed by atoms with Gasteiger partial charge in [-0.2, -0.15) is 4.99 Å². The number of amides is 2. The molecule has 3 N–H and O–H groups in total. The van der Waals surface area contributed by atoms with Gasteiger partial charge in [0, 0.05) is 5.56 Å². The maximum absolute atomic E-state index is 12.4. The molecule has 1 fully saturated rings. The number of nitrogens with zero attached hydrogens (tertiary/aromatic N) is 1. The number of esters is 2. The van der Waals surface area contributed by atoms with E-state index in [1.807, 2.05) is 66.7 Å². The van der Waals surface area contributed by atoms with Crippen LogP contribution in [0.2, 0.25) is 0 Å². The summed E-state index contributed by atoms with van der Waals surface area (Å²) in [6.07, 6.45) is -0.492. The van der Waals surface area contributed by atoms with Gasteiger partial charge in [-0.15, -0.1) is 0 Å². The molecule has 0 bridgehead atoms. The number of nitrogens with one attached hydrogen (secondary N) is 1. The smallest absolute Gasteiger partial charge is 0.435 e. The molecule has 1 aliphatic heterocycles. The van der Waals surface area contributed by atoms with E-state index in [4.69, 9.17) is 24.7 Å². The number of carbonyl (C=O) groups is 4. The molecular formula is C36H33N3O8. The Balaban J connectivity index is 1.03. The molecule has 47 heavy (non-hydrogen) atoms. The summed E-state index contributed by atoms with van der Waals surface area (Å²) >= 11 is 0. The fourth-order valence-corrected chi connectivity index (χ4v) is 4.87. The van der Waals surface area contributed by atoms with E-state index < -0.39 is 30.7 Å². The molecule has 0 radical (unpaired) electrons. The Morgan fingerprint density at radius 3 is 2.09 bits per heavy atom. The first-order valence-corrected chi connectivity index (χ1v) is 14.9. The maximum Gasteiger partial charge on any atom is 0.435 e. The second kappa shape index (κ2) is 15.8. The summed E-state index contributed by atoms with van der Waals surface area (Å²) in [4.78, 5) is 52.5. The zero-order valence-electron chi connectivity index (χ0n) is 25.4. The van der Waals surface area contributed by atoms with Gasteiger partial charge in [-0.3, -0.25) is 9.59 Å². The van der Waals surface area contributed by atoms with Crippen LogP contribution in [0.15, 0.2) is 114 Å². The van der Waals surface area contributed by atoms with E-state index in [1.54, 1.807) is 42.5 Å². The highest BCUT2D eigenvalue weighted by Crippen LogP contribution is 2.25. The Morgan fingerprint density at radius 1 is 0.766 bits per heavy atom. The van der Waals surface area contributed by atoms with Crippen molar-refractivity contribution in [3.63, 3.8) is 0 Å². The van der Waals surface area contributed by atoms with Crippen LogP contribution in [-0.2, 0) is 30.4 Å². The highest BCUT2D eigenvalue weighted by molar-refractivity contribution is 6.03. The summed E-state index contributed by atoms with van der Waals surface area (Å²) in [6, 6.07) is 32.1. The zero-order chi connectivity index (χ0) is 33.0. The monoisotopic (exact) mass is 635 g/mol. The van der Waals surface area contributed by atoms with E-state index in [0.717, 1.165) is 16.7 Å². The number of benzene rings is 4. The van der Waals surface area contributed by atoms with Crippen LogP contribution in [0.4, 0.5) is 4.79 Å². The molecule has 1 saturated heterocycles. The number of hydrogen-bond donors (Lipinski definition) is 2. The molecule has 11 heteroatoms. The second-order valence-electron chi connectivity index (χ2n) is 10.7. The highest BCUT2D eigenvalue weighted by Gasteiger charge is 2.34. The minimum absolute atomic E-state index is 0.0563. The molecular weight excluding hydrogens is 602 g/mol. The standard InChI is InChI=1S/C36H33N3O8/c37-33(39-36(43)45-21-24-7-3-1-4-8-24)27-13-11-25(12-14-27)26-15-17-31(18-16-26)44-22-30-19-29(34(41)38-30)20-32(40)46-23-47-35(42)28-9-5-2-6-10-28/h1-18,29-30H,19-23H2,(H,38,41)(H2,37,39,43)/t29-,30-/m0/s1. The summed E-state index contributed by atoms with van der Waals surface area (Å²) in [5.41, 5.74) is 9.66. The minimum atomic E-state index is -0.764. The Bertz CT molecular complexity index is 1710. The predicted octanol–water partition coefficient (Wildman–Crippen LogP) is 5.03. The van der Waals surface area contributed by atoms with Gasteiger partial charge in [0.1, 0.15) is 24.8 Å². The van der Waals surface area contributed by atoms with Gasteiger partial charge in [-0.05, 0) is 47.4 Å². The lowest BCUT2D eigenvalue weighted by Crippen LogP contribution is -2.31. The topological polar surface area (TPSA) is 156 Å². The van der Waals surface area contributed by atoms with Crippen molar-refractivity contribution in [3.05, 3.63) is 126 Å². The van der Waals surface area contributed by atoms with Crippen molar-refractivity contribution < 1.29 is 38.1 Å². The van der Waals surface area contributed by atoms with E-state index in [9.17, 15) is 19.2 Å². The van der Waals surface area contributed by atoms with Crippen LogP contribution in [0, 0.1) is 5.92 Å². The fourth-order valence-electron chi connectivity index (χ4n) is 4.87. The Hall–Kier alpha value is -5.97. The molecule has 1 aliphatic rings. The molecule has 2 atom stereocenters. The number of nitrogens with two attached hydrogens (primary N) is 1. The van der Waals surface area contributed by atoms with Crippen LogP contribution in [-0.4, -0.2) is 49.2 Å². The van der Waals surface area contributed by atoms with Gasteiger partial charge in [0.05, 0.1) is 23.9 Å². The van der Waals surface area contributed by atoms with E-state index in [-0.39, 0.29) is 37.4 Å². The normalized spacial score (nSPS) is 15.7. The molecule has 4 aromatic carbocycles. The number of carbonyl (C=O) groups excluding carboxylic acids is 4. The number of amidine groups is 1. The first-order valence-electron chi connectivity index (χ1n) is 14.9. The molecule has 0 spiro atoms. The molecule has 11 nitrogen and oxygen atoms in total. The van der Waals surface area contributed by atoms with Crippen LogP contribution < -0.4 is 15.8 Å². The van der Waals surface area contributed by atoms with E-state index in [0.29, 0.717) is 23.3 Å². The van der Waals surface area contributed by atoms with Gasteiger partial charge >= 0.3 is 18.0 Å². The van der Waals surface area contributed by atoms with Crippen molar-refractivity contribution in [2.75, 3.05) is 13.4 Å². The number of aliphatic imine (C=N–C) groups is 1. The first-order chi connectivity index (χ1) is 22.8. The molecule has 2 amide bonds. The van der Waals surface area contributed by atoms with Gasteiger partial charge in [0.25, 0.3) is 0 Å². The van der Waals surface area contributed by atoms with Crippen molar-refractivity contribution >= 4 is 29.8 Å². The summed E-state index contributed by atoms with van der Waals surface area (Å²) in [7, 11) is 0. The van der Waals surface area contributed by atoms with Crippen molar-refractivity contribution in [1.29, 1.82) is 0 Å². The SMILES string of the molecule is NC(=NC(=O)OCc1ccccc1)c1ccc(-c2ccc(OC[C@@H]3C[C@@H](CC(=O)OCOC(=O)c4ccccc4)C(=O)N3)cc2)cc1. The van der Waals surface area contributed by atoms with Gasteiger partial charge in [-0.1, -0.05) is 84.9 Å². The fraction of sp³-hybridized carbons (Fsp3) is 0.194. The van der Waals surface area contributed by atoms with Gasteiger partial charge in [0.15, 0.2) is 0 Å². The van der Waals surface area contributed by atoms with Crippen molar-refractivity contribution in [2.24, 2.45) is 16.6 Å². The van der Waals surface area contributed by atoms with E-state index in [2.05, 4.69) is 10.3 Å². The Labute approximate surface area is 271 Å². The average Bonchev–Trinajstić information content (AvgIpc) is 3.45. The van der Waals surface area contributed by atoms with Crippen LogP contribution in [0.25, 0.3) is 11.1 Å². The summed E-state index contributed by atoms with van der Waals surface area (Å²) in [6.45, 7) is -0.188. The molecule has 0 aromatic heterocycles. The van der Waals surface area contributed by atoms with Crippen LogP contribution in [0.5, 0.6) is 5.75 Å². The summed E-state index contributed by atoms with van der Waals surface area (Å²) in [5, 5.41) is 2.85. The number of hydrogen-bond acceptors (Lipinski definition) is 8. The third kappa shape index (κ3) is 9.51. The quantitative estimate of drug-likeness (QED) is 0.0944. The van der Waals surface area contributed by atoms with Gasteiger partial charge < -0.3 is 30.0 Å². The minimum Gasteiger partial charge on any atom is -0.491 e. The van der Waals surface area contributed by atoms with E-state index in [1.165, 1.54) is 0 Å².